The first-order chi connectivity index (χ1) is 14.7. The molecule has 0 saturated carbocycles. The molecule has 3 aromatic rings. The molecule has 0 bridgehead atoms. The number of amides is 2. The molecule has 31 heavy (non-hydrogen) atoms. The number of aromatic nitrogens is 4. The van der Waals surface area contributed by atoms with Gasteiger partial charge in [-0.1, -0.05) is 18.2 Å². The van der Waals surface area contributed by atoms with Gasteiger partial charge in [0.25, 0.3) is 17.6 Å². The quantitative estimate of drug-likeness (QED) is 0.590. The molecule has 9 nitrogen and oxygen atoms in total. The van der Waals surface area contributed by atoms with Gasteiger partial charge in [0.15, 0.2) is 6.61 Å². The minimum Gasteiger partial charge on any atom is -0.483 e. The number of carbonyl (C=O) groups excluding carboxylic acids is 2. The first-order valence-corrected chi connectivity index (χ1v) is 8.95. The van der Waals surface area contributed by atoms with E-state index in [0.717, 1.165) is 10.4 Å². The van der Waals surface area contributed by atoms with Gasteiger partial charge in [0, 0.05) is 5.69 Å². The van der Waals surface area contributed by atoms with Gasteiger partial charge in [0.05, 0.1) is 5.69 Å². The normalized spacial score (nSPS) is 11.1. The first kappa shape index (κ1) is 21.7. The summed E-state index contributed by atoms with van der Waals surface area (Å²) in [4.78, 5) is 24.7. The van der Waals surface area contributed by atoms with Gasteiger partial charge in [-0.15, -0.1) is 15.0 Å². The van der Waals surface area contributed by atoms with E-state index in [1.807, 2.05) is 25.1 Å². The Kier molecular flexibility index (Phi) is 6.48. The minimum absolute atomic E-state index is 0.173. The summed E-state index contributed by atoms with van der Waals surface area (Å²) in [7, 11) is 0. The summed E-state index contributed by atoms with van der Waals surface area (Å²) in [5, 5.41) is 15.2. The van der Waals surface area contributed by atoms with Crippen LogP contribution in [0.1, 0.15) is 16.2 Å². The van der Waals surface area contributed by atoms with Crippen LogP contribution in [-0.2, 0) is 4.79 Å². The summed E-state index contributed by atoms with van der Waals surface area (Å²) in [6.07, 6.45) is -4.54. The number of hydrogen-bond acceptors (Lipinski definition) is 6. The molecule has 0 spiro atoms. The highest BCUT2D eigenvalue weighted by atomic mass is 19.4. The van der Waals surface area contributed by atoms with E-state index >= 15 is 0 Å². The van der Waals surface area contributed by atoms with Crippen LogP contribution in [0.5, 0.6) is 5.75 Å². The zero-order chi connectivity index (χ0) is 22.4. The smallest absolute Gasteiger partial charge is 0.405 e. The summed E-state index contributed by atoms with van der Waals surface area (Å²) in [5.41, 5.74) is 1.77. The third kappa shape index (κ3) is 6.26. The number of benzene rings is 2. The molecule has 0 aliphatic heterocycles. The molecular weight excluding hydrogens is 417 g/mol. The molecule has 12 heteroatoms. The molecule has 2 aromatic carbocycles. The zero-order valence-electron chi connectivity index (χ0n) is 16.2. The summed E-state index contributed by atoms with van der Waals surface area (Å²) >= 11 is 0. The van der Waals surface area contributed by atoms with Gasteiger partial charge < -0.3 is 15.4 Å². The van der Waals surface area contributed by atoms with E-state index in [1.165, 1.54) is 12.1 Å². The number of ether oxygens (including phenoxy) is 1. The van der Waals surface area contributed by atoms with Gasteiger partial charge in [-0.25, -0.2) is 0 Å². The SMILES string of the molecule is Cc1ccccc1OCC(=O)Nc1ccc(-n2nnc(C(=O)NCC(F)(F)F)n2)cc1. The molecule has 162 valence electrons. The Morgan fingerprint density at radius 1 is 1.10 bits per heavy atom. The predicted octanol–water partition coefficient (Wildman–Crippen LogP) is 2.28. The molecule has 0 aliphatic carbocycles. The third-order valence-electron chi connectivity index (χ3n) is 3.90. The van der Waals surface area contributed by atoms with Crippen molar-refractivity contribution in [3.8, 4) is 11.4 Å². The molecular formula is C19H17F3N6O3. The maximum absolute atomic E-state index is 12.2. The third-order valence-corrected chi connectivity index (χ3v) is 3.90. The number of halogens is 3. The van der Waals surface area contributed by atoms with E-state index in [0.29, 0.717) is 17.1 Å². The molecule has 0 fully saturated rings. The van der Waals surface area contributed by atoms with Crippen LogP contribution in [0, 0.1) is 6.92 Å². The number of carbonyl (C=O) groups is 2. The molecule has 0 atom stereocenters. The molecule has 1 aromatic heterocycles. The molecule has 3 rings (SSSR count). The van der Waals surface area contributed by atoms with Crippen molar-refractivity contribution in [3.63, 3.8) is 0 Å². The standard InChI is InChI=1S/C19H17F3N6O3/c1-12-4-2-3-5-15(12)31-10-16(29)24-13-6-8-14(9-7-13)28-26-17(25-27-28)18(30)23-11-19(20,21)22/h2-9H,10-11H2,1H3,(H,23,30)(H,24,29). The highest BCUT2D eigenvalue weighted by Crippen LogP contribution is 2.17. The van der Waals surface area contributed by atoms with E-state index in [2.05, 4.69) is 20.7 Å². The monoisotopic (exact) mass is 434 g/mol. The highest BCUT2D eigenvalue weighted by molar-refractivity contribution is 5.92. The predicted molar refractivity (Wildman–Crippen MR) is 103 cm³/mol. The van der Waals surface area contributed by atoms with E-state index in [1.54, 1.807) is 23.5 Å². The Balaban J connectivity index is 1.55. The Hall–Kier alpha value is -3.96. The van der Waals surface area contributed by atoms with E-state index in [9.17, 15) is 22.8 Å². The van der Waals surface area contributed by atoms with Gasteiger partial charge >= 0.3 is 6.18 Å². The number of nitrogens with zero attached hydrogens (tertiary/aromatic N) is 4. The van der Waals surface area contributed by atoms with Gasteiger partial charge in [-0.05, 0) is 48.0 Å². The lowest BCUT2D eigenvalue weighted by Crippen LogP contribution is -2.34. The molecule has 0 saturated heterocycles. The van der Waals surface area contributed by atoms with E-state index in [4.69, 9.17) is 4.74 Å². The van der Waals surface area contributed by atoms with Crippen molar-refractivity contribution in [1.82, 2.24) is 25.5 Å². The number of aryl methyl sites for hydroxylation is 1. The lowest BCUT2D eigenvalue weighted by Gasteiger charge is -2.09. The number of para-hydroxylation sites is 1. The average Bonchev–Trinajstić information content (AvgIpc) is 3.22. The lowest BCUT2D eigenvalue weighted by atomic mass is 10.2. The van der Waals surface area contributed by atoms with Crippen LogP contribution in [0.15, 0.2) is 48.5 Å². The van der Waals surface area contributed by atoms with E-state index in [-0.39, 0.29) is 12.5 Å². The Labute approximate surface area is 174 Å². The second kappa shape index (κ2) is 9.24. The second-order valence-corrected chi connectivity index (χ2v) is 6.35. The van der Waals surface area contributed by atoms with Crippen molar-refractivity contribution < 1.29 is 27.5 Å². The van der Waals surface area contributed by atoms with Crippen molar-refractivity contribution in [2.45, 2.75) is 13.1 Å². The Morgan fingerprint density at radius 2 is 1.81 bits per heavy atom. The summed E-state index contributed by atoms with van der Waals surface area (Å²) < 4.78 is 42.0. The molecule has 1 heterocycles. The first-order valence-electron chi connectivity index (χ1n) is 8.95. The molecule has 2 N–H and O–H groups in total. The van der Waals surface area contributed by atoms with Crippen LogP contribution in [0.3, 0.4) is 0 Å². The van der Waals surface area contributed by atoms with Crippen LogP contribution in [0.25, 0.3) is 5.69 Å². The van der Waals surface area contributed by atoms with Crippen LogP contribution in [-0.4, -0.2) is 51.3 Å². The zero-order valence-corrected chi connectivity index (χ0v) is 16.2. The van der Waals surface area contributed by atoms with Gasteiger partial charge in [0.1, 0.15) is 12.3 Å². The number of rotatable bonds is 7. The van der Waals surface area contributed by atoms with Crippen molar-refractivity contribution >= 4 is 17.5 Å². The summed E-state index contributed by atoms with van der Waals surface area (Å²) in [5.74, 6) is -1.35. The lowest BCUT2D eigenvalue weighted by molar-refractivity contribution is -0.123. The topological polar surface area (TPSA) is 111 Å². The van der Waals surface area contributed by atoms with Crippen LogP contribution < -0.4 is 15.4 Å². The number of hydrogen-bond donors (Lipinski definition) is 2. The number of nitrogens with one attached hydrogen (secondary N) is 2. The molecule has 0 unspecified atom stereocenters. The maximum Gasteiger partial charge on any atom is 0.405 e. The van der Waals surface area contributed by atoms with Gasteiger partial charge in [0.2, 0.25) is 0 Å². The van der Waals surface area contributed by atoms with Gasteiger partial charge in [-0.3, -0.25) is 9.59 Å². The fourth-order valence-electron chi connectivity index (χ4n) is 2.41. The fourth-order valence-corrected chi connectivity index (χ4v) is 2.41. The Bertz CT molecular complexity index is 1070. The van der Waals surface area contributed by atoms with Gasteiger partial charge in [-0.2, -0.15) is 13.2 Å². The maximum atomic E-state index is 12.2. The second-order valence-electron chi connectivity index (χ2n) is 6.35. The number of anilines is 1. The van der Waals surface area contributed by atoms with Crippen molar-refractivity contribution in [2.75, 3.05) is 18.5 Å². The van der Waals surface area contributed by atoms with Crippen molar-refractivity contribution in [1.29, 1.82) is 0 Å². The van der Waals surface area contributed by atoms with Crippen molar-refractivity contribution in [2.24, 2.45) is 0 Å². The summed E-state index contributed by atoms with van der Waals surface area (Å²) in [6, 6.07) is 13.5. The number of alkyl halides is 3. The van der Waals surface area contributed by atoms with Crippen molar-refractivity contribution in [3.05, 3.63) is 59.9 Å². The van der Waals surface area contributed by atoms with Crippen LogP contribution in [0.4, 0.5) is 18.9 Å². The number of tetrazole rings is 1. The Morgan fingerprint density at radius 3 is 2.48 bits per heavy atom. The fraction of sp³-hybridized carbons (Fsp3) is 0.211. The molecule has 2 amide bonds. The van der Waals surface area contributed by atoms with Crippen LogP contribution >= 0.6 is 0 Å². The van der Waals surface area contributed by atoms with Crippen LogP contribution in [0.2, 0.25) is 0 Å². The summed E-state index contributed by atoms with van der Waals surface area (Å²) in [6.45, 7) is 0.200. The largest absolute Gasteiger partial charge is 0.483 e. The molecule has 0 radical (unpaired) electrons. The average molecular weight is 434 g/mol. The minimum atomic E-state index is -4.54. The molecule has 0 aliphatic rings. The van der Waals surface area contributed by atoms with E-state index < -0.39 is 24.5 Å². The highest BCUT2D eigenvalue weighted by Gasteiger charge is 2.28.